The van der Waals surface area contributed by atoms with E-state index in [1.165, 1.54) is 7.11 Å². The Morgan fingerprint density at radius 1 is 0.495 bits per heavy atom. The van der Waals surface area contributed by atoms with Gasteiger partial charge in [-0.2, -0.15) is 5.26 Å². The first kappa shape index (κ1) is 74.8. The van der Waals surface area contributed by atoms with Crippen LogP contribution in [0.2, 0.25) is 0 Å². The normalized spacial score (nSPS) is 36.4. The van der Waals surface area contributed by atoms with Crippen LogP contribution in [0.5, 0.6) is 0 Å². The van der Waals surface area contributed by atoms with Crippen molar-refractivity contribution in [3.63, 3.8) is 0 Å². The lowest BCUT2D eigenvalue weighted by atomic mass is 9.71. The Morgan fingerprint density at radius 3 is 1.40 bits per heavy atom. The number of esters is 6. The quantitative estimate of drug-likeness (QED) is 0.0458. The summed E-state index contributed by atoms with van der Waals surface area (Å²) in [6.45, 7) is 32.5. The maximum Gasteiger partial charge on any atom is 0.327 e. The van der Waals surface area contributed by atoms with Gasteiger partial charge in [0.1, 0.15) is 30.5 Å². The molecule has 13 aliphatic rings. The number of hydrogen-bond acceptors (Lipinski definition) is 19. The number of carbonyl (C=O) groups excluding carboxylic acids is 11. The number of hydrogen-bond donors (Lipinski definition) is 5. The van der Waals surface area contributed by atoms with Crippen LogP contribution in [0.1, 0.15) is 187 Å². The fourth-order valence-electron chi connectivity index (χ4n) is 17.2. The molecular formula is C73H110N6O18. The minimum absolute atomic E-state index is 0.000199. The summed E-state index contributed by atoms with van der Waals surface area (Å²) in [5, 5.41) is 24.3. The number of fused-ring (bicyclic) bond motifs is 4. The van der Waals surface area contributed by atoms with Crippen LogP contribution in [0, 0.1) is 126 Å². The molecule has 13 rings (SSSR count). The van der Waals surface area contributed by atoms with Crippen molar-refractivity contribution in [2.24, 2.45) is 115 Å². The molecule has 21 unspecified atom stereocenters. The molecule has 0 radical (unpaired) electrons. The summed E-state index contributed by atoms with van der Waals surface area (Å²) in [7, 11) is 1.31. The molecule has 8 bridgehead atoms. The van der Waals surface area contributed by atoms with Gasteiger partial charge in [0.25, 0.3) is 0 Å². The van der Waals surface area contributed by atoms with E-state index in [-0.39, 0.29) is 165 Å². The first-order valence-electron chi connectivity index (χ1n) is 36.0. The second kappa shape index (κ2) is 28.3. The van der Waals surface area contributed by atoms with Crippen molar-refractivity contribution in [3.8, 4) is 6.07 Å². The van der Waals surface area contributed by atoms with E-state index in [1.807, 2.05) is 104 Å². The number of amides is 5. The van der Waals surface area contributed by atoms with Gasteiger partial charge in [0, 0.05) is 107 Å². The SMILES string of the molecule is CCC(C)(C)C(=O)NCC1C2CC3C(=O)OC1C3C2.CCC(C)(C)C(=O)NCC1C2CC3C(=O)OC1C3O2.CCC(C)(C)C(=O)NCC1C2CC3C1OC(=O)C3(C#N)C2.CCC(C)(C)C(=O)NCC1C2CC3C1OC(=O)C3(C(=O)OC)C2.CCC(C)(C)C(=O)NCC1COC(=O)C1. The Morgan fingerprint density at radius 2 is 0.928 bits per heavy atom. The van der Waals surface area contributed by atoms with Crippen LogP contribution in [0.25, 0.3) is 0 Å². The van der Waals surface area contributed by atoms with Crippen molar-refractivity contribution in [2.75, 3.05) is 46.4 Å². The standard InChI is InChI=1S/C17H25NO5.C16H22N2O3.C15H23NO3.C14H21NO4.C11H19NO3/c1-5-16(2,3)13(19)18-8-10-9-6-11-12(10)23-15(21)17(11,7-9)14(20)22-4;1-4-15(2,3)13(19)18-7-10-9-5-11-12(10)21-14(20)16(11,6-9)8-17;1-4-15(2,3)14(18)16-7-11-8-5-9-10(6-8)13(17)19-12(9)11;1-4-14(2,3)13(17)15-6-8-9-5-7-10(18-9)11(8)19-12(7)16;1-4-11(2,3)10(14)12-6-8-5-9(13)15-7-8/h9-12H,5-8H2,1-4H3,(H,18,19);9-12H,4-7H2,1-3H3,(H,18,19);8-12H,4-7H2,1-3H3,(H,16,18);7-11H,4-6H2,1-3H3,(H,15,17);8H,4-7H2,1-3H3,(H,12,14). The molecule has 540 valence electrons. The molecule has 0 spiro atoms. The molecule has 6 aliphatic carbocycles. The zero-order valence-electron chi connectivity index (χ0n) is 60.2. The molecule has 7 aliphatic heterocycles. The number of carbonyl (C=O) groups is 11. The van der Waals surface area contributed by atoms with Gasteiger partial charge >= 0.3 is 35.8 Å². The van der Waals surface area contributed by atoms with Crippen LogP contribution in [0.15, 0.2) is 0 Å². The molecule has 13 fully saturated rings. The predicted molar refractivity (Wildman–Crippen MR) is 349 cm³/mol. The summed E-state index contributed by atoms with van der Waals surface area (Å²) in [6.07, 6.45) is 9.45. The molecular weight excluding hydrogens is 1250 g/mol. The van der Waals surface area contributed by atoms with Gasteiger partial charge in [-0.15, -0.1) is 0 Å². The zero-order valence-corrected chi connectivity index (χ0v) is 60.2. The van der Waals surface area contributed by atoms with Gasteiger partial charge < -0.3 is 59.7 Å². The van der Waals surface area contributed by atoms with E-state index in [4.69, 9.17) is 33.2 Å². The van der Waals surface area contributed by atoms with Crippen LogP contribution in [0.3, 0.4) is 0 Å². The van der Waals surface area contributed by atoms with Crippen molar-refractivity contribution in [1.82, 2.24) is 26.6 Å². The van der Waals surface area contributed by atoms with Gasteiger partial charge in [0.15, 0.2) is 10.8 Å². The van der Waals surface area contributed by atoms with Gasteiger partial charge in [0.2, 0.25) is 29.5 Å². The highest BCUT2D eigenvalue weighted by Crippen LogP contribution is 2.65. The molecule has 0 aromatic carbocycles. The van der Waals surface area contributed by atoms with E-state index in [0.717, 1.165) is 64.2 Å². The molecule has 24 heteroatoms. The number of nitrogens with zero attached hydrogens (tertiary/aromatic N) is 1. The fourth-order valence-corrected chi connectivity index (χ4v) is 17.2. The lowest BCUT2D eigenvalue weighted by Crippen LogP contribution is -2.46. The Labute approximate surface area is 572 Å². The van der Waals surface area contributed by atoms with Gasteiger partial charge in [-0.3, -0.25) is 52.7 Å². The van der Waals surface area contributed by atoms with Gasteiger partial charge in [-0.1, -0.05) is 104 Å². The highest BCUT2D eigenvalue weighted by Gasteiger charge is 2.75. The molecule has 0 aromatic rings. The minimum atomic E-state index is -1.09. The molecule has 7 heterocycles. The average Bonchev–Trinajstić information content (AvgIpc) is 1.55. The zero-order chi connectivity index (χ0) is 71.4. The van der Waals surface area contributed by atoms with Crippen LogP contribution >= 0.6 is 0 Å². The second-order valence-electron chi connectivity index (χ2n) is 33.3. The van der Waals surface area contributed by atoms with Gasteiger partial charge in [-0.25, -0.2) is 0 Å². The van der Waals surface area contributed by atoms with Crippen LogP contribution in [0.4, 0.5) is 0 Å². The van der Waals surface area contributed by atoms with Crippen LogP contribution < -0.4 is 26.6 Å². The summed E-state index contributed by atoms with van der Waals surface area (Å²) in [5.41, 5.74) is -3.75. The Bertz CT molecular complexity index is 3040. The summed E-state index contributed by atoms with van der Waals surface area (Å²) in [5.74, 6) is 1.16. The average molecular weight is 1360 g/mol. The second-order valence-corrected chi connectivity index (χ2v) is 33.3. The number of methoxy groups -OCH3 is 1. The molecule has 0 aromatic heterocycles. The van der Waals surface area contributed by atoms with E-state index in [2.05, 4.69) is 32.7 Å². The third-order valence-corrected chi connectivity index (χ3v) is 26.0. The topological polar surface area (TPSA) is 336 Å². The number of nitriles is 1. The number of cyclic esters (lactones) is 1. The Hall–Kier alpha value is -6.38. The summed E-state index contributed by atoms with van der Waals surface area (Å²) >= 11 is 0. The first-order valence-corrected chi connectivity index (χ1v) is 36.0. The highest BCUT2D eigenvalue weighted by molar-refractivity contribution is 6.03. The molecule has 24 nitrogen and oxygen atoms in total. The Kier molecular flexibility index (Phi) is 21.9. The van der Waals surface area contributed by atoms with E-state index >= 15 is 0 Å². The van der Waals surface area contributed by atoms with Crippen molar-refractivity contribution in [3.05, 3.63) is 0 Å². The van der Waals surface area contributed by atoms with Gasteiger partial charge in [-0.05, 0) is 94.8 Å². The smallest absolute Gasteiger partial charge is 0.327 e. The van der Waals surface area contributed by atoms with E-state index in [0.29, 0.717) is 82.3 Å². The van der Waals surface area contributed by atoms with E-state index in [1.54, 1.807) is 0 Å². The molecule has 97 heavy (non-hydrogen) atoms. The minimum Gasteiger partial charge on any atom is -0.468 e. The Balaban J connectivity index is 0.000000143. The number of ether oxygens (including phenoxy) is 7. The molecule has 5 amide bonds. The monoisotopic (exact) mass is 1360 g/mol. The largest absolute Gasteiger partial charge is 0.468 e. The molecule has 7 saturated heterocycles. The maximum atomic E-state index is 12.3. The lowest BCUT2D eigenvalue weighted by molar-refractivity contribution is -0.164. The fraction of sp³-hybridized carbons (Fsp3) is 0.836. The molecule has 6 saturated carbocycles. The lowest BCUT2D eigenvalue weighted by Gasteiger charge is -2.31. The summed E-state index contributed by atoms with van der Waals surface area (Å²) in [6, 6.07) is 2.21. The summed E-state index contributed by atoms with van der Waals surface area (Å²) < 4.78 is 37.4. The van der Waals surface area contributed by atoms with E-state index < -0.39 is 28.2 Å². The maximum absolute atomic E-state index is 12.3. The van der Waals surface area contributed by atoms with Crippen molar-refractivity contribution in [2.45, 2.75) is 224 Å². The first-order chi connectivity index (χ1) is 45.5. The number of rotatable bonds is 21. The highest BCUT2D eigenvalue weighted by atomic mass is 16.6. The van der Waals surface area contributed by atoms with Crippen molar-refractivity contribution < 1.29 is 85.9 Å². The van der Waals surface area contributed by atoms with Crippen molar-refractivity contribution >= 4 is 65.4 Å². The van der Waals surface area contributed by atoms with Gasteiger partial charge in [0.05, 0.1) is 44.1 Å². The third-order valence-electron chi connectivity index (χ3n) is 26.0. The summed E-state index contributed by atoms with van der Waals surface area (Å²) in [4.78, 5) is 131. The molecule has 21 atom stereocenters. The number of nitrogens with one attached hydrogen (secondary N) is 5. The third kappa shape index (κ3) is 14.0. The van der Waals surface area contributed by atoms with Crippen LogP contribution in [-0.4, -0.2) is 148 Å². The predicted octanol–water partition coefficient (Wildman–Crippen LogP) is 6.62. The van der Waals surface area contributed by atoms with Crippen molar-refractivity contribution in [1.29, 1.82) is 5.26 Å². The van der Waals surface area contributed by atoms with E-state index in [9.17, 15) is 58.0 Å². The van der Waals surface area contributed by atoms with Crippen LogP contribution in [-0.2, 0) is 85.9 Å². The molecule has 5 N–H and O–H groups in total.